The van der Waals surface area contributed by atoms with Gasteiger partial charge >= 0.3 is 0 Å². The molecule has 2 N–H and O–H groups in total. The molecule has 0 aromatic carbocycles. The lowest BCUT2D eigenvalue weighted by atomic mass is 10.1. The highest BCUT2D eigenvalue weighted by Gasteiger charge is 2.13. The zero-order valence-corrected chi connectivity index (χ0v) is 15.7. The molecule has 1 fully saturated rings. The number of nitrogens with one attached hydrogen (secondary N) is 2. The van der Waals surface area contributed by atoms with Gasteiger partial charge in [-0.05, 0) is 25.7 Å². The maximum Gasteiger partial charge on any atom is 0.190 e. The predicted molar refractivity (Wildman–Crippen MR) is 99.0 cm³/mol. The first-order valence-corrected chi connectivity index (χ1v) is 9.71. The van der Waals surface area contributed by atoms with Crippen molar-refractivity contribution in [2.45, 2.75) is 45.1 Å². The van der Waals surface area contributed by atoms with Gasteiger partial charge in [-0.1, -0.05) is 6.92 Å². The summed E-state index contributed by atoms with van der Waals surface area (Å²) in [5.74, 6) is 0.841. The predicted octanol–water partition coefficient (Wildman–Crippen LogP) is 2.00. The Labute approximate surface area is 149 Å². The maximum absolute atomic E-state index is 5.86. The molecule has 0 bridgehead atoms. The molecule has 1 aromatic heterocycles. The SMILES string of the molecule is CCc1cnc(CCNC(=NC)NCCCOC2CCOCC2)s1. The van der Waals surface area contributed by atoms with E-state index in [2.05, 4.69) is 27.5 Å². The van der Waals surface area contributed by atoms with E-state index in [9.17, 15) is 0 Å². The number of nitrogens with zero attached hydrogens (tertiary/aromatic N) is 2. The Morgan fingerprint density at radius 2 is 2.17 bits per heavy atom. The van der Waals surface area contributed by atoms with Gasteiger partial charge in [0.15, 0.2) is 5.96 Å². The van der Waals surface area contributed by atoms with E-state index in [1.54, 1.807) is 18.4 Å². The standard InChI is InChI=1S/C17H30N4O2S/c1-3-15-13-21-16(24-15)5-9-20-17(18-2)19-8-4-10-23-14-6-11-22-12-7-14/h13-14H,3-12H2,1-2H3,(H2,18,19,20). The van der Waals surface area contributed by atoms with Crippen molar-refractivity contribution in [2.75, 3.05) is 40.0 Å². The number of ether oxygens (including phenoxy) is 2. The van der Waals surface area contributed by atoms with Crippen LogP contribution < -0.4 is 10.6 Å². The van der Waals surface area contributed by atoms with E-state index in [-0.39, 0.29) is 0 Å². The molecular weight excluding hydrogens is 324 g/mol. The molecule has 2 rings (SSSR count). The Hall–Kier alpha value is -1.18. The molecule has 6 nitrogen and oxygen atoms in total. The van der Waals surface area contributed by atoms with E-state index in [0.717, 1.165) is 71.0 Å². The summed E-state index contributed by atoms with van der Waals surface area (Å²) in [6.07, 6.45) is 7.36. The van der Waals surface area contributed by atoms with Gasteiger partial charge in [-0.25, -0.2) is 4.98 Å². The summed E-state index contributed by atoms with van der Waals surface area (Å²) in [6.45, 7) is 6.31. The van der Waals surface area contributed by atoms with Crippen molar-refractivity contribution in [1.29, 1.82) is 0 Å². The zero-order chi connectivity index (χ0) is 17.0. The zero-order valence-electron chi connectivity index (χ0n) is 14.8. The minimum Gasteiger partial charge on any atom is -0.381 e. The van der Waals surface area contributed by atoms with Crippen LogP contribution in [0.4, 0.5) is 0 Å². The van der Waals surface area contributed by atoms with Crippen molar-refractivity contribution in [3.05, 3.63) is 16.1 Å². The molecule has 2 heterocycles. The second-order valence-corrected chi connectivity index (χ2v) is 6.99. The number of hydrogen-bond acceptors (Lipinski definition) is 5. The smallest absolute Gasteiger partial charge is 0.190 e. The van der Waals surface area contributed by atoms with Crippen LogP contribution in [0, 0.1) is 0 Å². The third-order valence-corrected chi connectivity index (χ3v) is 5.14. The quantitative estimate of drug-likeness (QED) is 0.403. The fraction of sp³-hybridized carbons (Fsp3) is 0.765. The van der Waals surface area contributed by atoms with Crippen LogP contribution in [-0.2, 0) is 22.3 Å². The molecule has 0 spiro atoms. The molecular formula is C17H30N4O2S. The highest BCUT2D eigenvalue weighted by atomic mass is 32.1. The fourth-order valence-electron chi connectivity index (χ4n) is 2.51. The summed E-state index contributed by atoms with van der Waals surface area (Å²) in [4.78, 5) is 10.0. The monoisotopic (exact) mass is 354 g/mol. The summed E-state index contributed by atoms with van der Waals surface area (Å²) in [6, 6.07) is 0. The Morgan fingerprint density at radius 1 is 1.38 bits per heavy atom. The highest BCUT2D eigenvalue weighted by molar-refractivity contribution is 7.11. The number of thiazole rings is 1. The van der Waals surface area contributed by atoms with Crippen LogP contribution in [0.25, 0.3) is 0 Å². The van der Waals surface area contributed by atoms with Crippen molar-refractivity contribution >= 4 is 17.3 Å². The first kappa shape index (κ1) is 19.1. The van der Waals surface area contributed by atoms with E-state index in [4.69, 9.17) is 9.47 Å². The number of aromatic nitrogens is 1. The Bertz CT molecular complexity index is 487. The van der Waals surface area contributed by atoms with E-state index < -0.39 is 0 Å². The molecule has 24 heavy (non-hydrogen) atoms. The summed E-state index contributed by atoms with van der Waals surface area (Å²) < 4.78 is 11.2. The third kappa shape index (κ3) is 7.15. The average Bonchev–Trinajstić information content (AvgIpc) is 3.09. The second kappa shape index (κ2) is 11.4. The molecule has 0 radical (unpaired) electrons. The van der Waals surface area contributed by atoms with Gasteiger partial charge < -0.3 is 20.1 Å². The molecule has 1 aliphatic rings. The average molecular weight is 355 g/mol. The van der Waals surface area contributed by atoms with Gasteiger partial charge in [-0.3, -0.25) is 4.99 Å². The lowest BCUT2D eigenvalue weighted by Gasteiger charge is -2.22. The molecule has 1 aliphatic heterocycles. The molecule has 0 atom stereocenters. The summed E-state index contributed by atoms with van der Waals surface area (Å²) in [5.41, 5.74) is 0. The maximum atomic E-state index is 5.86. The van der Waals surface area contributed by atoms with Gasteiger partial charge in [0.1, 0.15) is 0 Å². The van der Waals surface area contributed by atoms with E-state index >= 15 is 0 Å². The van der Waals surface area contributed by atoms with Gasteiger partial charge in [0.25, 0.3) is 0 Å². The number of rotatable bonds is 9. The van der Waals surface area contributed by atoms with Crippen molar-refractivity contribution < 1.29 is 9.47 Å². The molecule has 1 aromatic rings. The van der Waals surface area contributed by atoms with E-state index in [1.165, 1.54) is 9.88 Å². The lowest BCUT2D eigenvalue weighted by Crippen LogP contribution is -2.39. The van der Waals surface area contributed by atoms with E-state index in [1.807, 2.05) is 6.20 Å². The van der Waals surface area contributed by atoms with Crippen LogP contribution in [0.1, 0.15) is 36.1 Å². The van der Waals surface area contributed by atoms with Crippen molar-refractivity contribution in [2.24, 2.45) is 4.99 Å². The largest absolute Gasteiger partial charge is 0.381 e. The highest BCUT2D eigenvalue weighted by Crippen LogP contribution is 2.13. The Balaban J connectivity index is 1.52. The topological polar surface area (TPSA) is 67.8 Å². The van der Waals surface area contributed by atoms with Gasteiger partial charge in [-0.15, -0.1) is 11.3 Å². The molecule has 0 aliphatic carbocycles. The van der Waals surface area contributed by atoms with Crippen molar-refractivity contribution in [1.82, 2.24) is 15.6 Å². The van der Waals surface area contributed by atoms with Gasteiger partial charge in [0.2, 0.25) is 0 Å². The summed E-state index contributed by atoms with van der Waals surface area (Å²) >= 11 is 1.79. The molecule has 0 unspecified atom stereocenters. The van der Waals surface area contributed by atoms with Crippen LogP contribution in [0.15, 0.2) is 11.2 Å². The molecule has 0 amide bonds. The lowest BCUT2D eigenvalue weighted by molar-refractivity contribution is -0.0320. The van der Waals surface area contributed by atoms with Gasteiger partial charge in [-0.2, -0.15) is 0 Å². The summed E-state index contributed by atoms with van der Waals surface area (Å²) in [7, 11) is 1.80. The van der Waals surface area contributed by atoms with E-state index in [0.29, 0.717) is 6.10 Å². The van der Waals surface area contributed by atoms with Crippen molar-refractivity contribution in [3.8, 4) is 0 Å². The molecule has 7 heteroatoms. The number of aliphatic imine (C=N–C) groups is 1. The Kier molecular flexibility index (Phi) is 9.09. The van der Waals surface area contributed by atoms with Crippen LogP contribution in [0.3, 0.4) is 0 Å². The van der Waals surface area contributed by atoms with Crippen molar-refractivity contribution in [3.63, 3.8) is 0 Å². The van der Waals surface area contributed by atoms with Gasteiger partial charge in [0, 0.05) is 57.5 Å². The minimum atomic E-state index is 0.377. The normalized spacial score (nSPS) is 16.3. The first-order chi connectivity index (χ1) is 11.8. The molecule has 136 valence electrons. The second-order valence-electron chi connectivity index (χ2n) is 5.79. The van der Waals surface area contributed by atoms with Crippen LogP contribution in [0.5, 0.6) is 0 Å². The van der Waals surface area contributed by atoms with Gasteiger partial charge in [0.05, 0.1) is 11.1 Å². The fourth-order valence-corrected chi connectivity index (χ4v) is 3.37. The van der Waals surface area contributed by atoms with Crippen LogP contribution in [0.2, 0.25) is 0 Å². The first-order valence-electron chi connectivity index (χ1n) is 8.89. The molecule has 0 saturated carbocycles. The third-order valence-electron chi connectivity index (χ3n) is 3.94. The van der Waals surface area contributed by atoms with Crippen LogP contribution in [-0.4, -0.2) is 57.0 Å². The van der Waals surface area contributed by atoms with Crippen LogP contribution >= 0.6 is 11.3 Å². The Morgan fingerprint density at radius 3 is 2.88 bits per heavy atom. The number of guanidine groups is 1. The number of aryl methyl sites for hydroxylation is 1. The number of hydrogen-bond donors (Lipinski definition) is 2. The summed E-state index contributed by atoms with van der Waals surface area (Å²) in [5, 5.41) is 7.84. The molecule has 1 saturated heterocycles. The minimum absolute atomic E-state index is 0.377.